The fourth-order valence-corrected chi connectivity index (χ4v) is 2.66. The lowest BCUT2D eigenvalue weighted by atomic mass is 9.99. The van der Waals surface area contributed by atoms with E-state index in [9.17, 15) is 0 Å². The largest absolute Gasteiger partial charge is 0.329 e. The van der Waals surface area contributed by atoms with Crippen molar-refractivity contribution in [3.05, 3.63) is 18.0 Å². The van der Waals surface area contributed by atoms with Gasteiger partial charge in [0.25, 0.3) is 0 Å². The van der Waals surface area contributed by atoms with Gasteiger partial charge in [-0.3, -0.25) is 9.58 Å². The lowest BCUT2D eigenvalue weighted by Crippen LogP contribution is -2.42. The first-order chi connectivity index (χ1) is 7.72. The van der Waals surface area contributed by atoms with Gasteiger partial charge in [-0.05, 0) is 26.3 Å². The summed E-state index contributed by atoms with van der Waals surface area (Å²) in [4.78, 5) is 2.53. The Labute approximate surface area is 97.4 Å². The highest BCUT2D eigenvalue weighted by molar-refractivity contribution is 5.11. The summed E-state index contributed by atoms with van der Waals surface area (Å²) in [6.07, 6.45) is 7.96. The van der Waals surface area contributed by atoms with E-state index in [1.54, 1.807) is 0 Å². The summed E-state index contributed by atoms with van der Waals surface area (Å²) in [5.74, 6) is 0. The monoisotopic (exact) mass is 222 g/mol. The molecule has 90 valence electrons. The molecule has 0 radical (unpaired) electrons. The molecule has 2 unspecified atom stereocenters. The molecule has 0 aliphatic carbocycles. The van der Waals surface area contributed by atoms with Gasteiger partial charge >= 0.3 is 0 Å². The fourth-order valence-electron chi connectivity index (χ4n) is 2.66. The van der Waals surface area contributed by atoms with Crippen LogP contribution < -0.4 is 5.73 Å². The first-order valence-electron chi connectivity index (χ1n) is 6.16. The molecule has 0 bridgehead atoms. The third kappa shape index (κ3) is 2.28. The quantitative estimate of drug-likeness (QED) is 0.838. The number of aryl methyl sites for hydroxylation is 1. The molecule has 4 heteroatoms. The van der Waals surface area contributed by atoms with Crippen molar-refractivity contribution in [2.75, 3.05) is 13.1 Å². The molecule has 4 nitrogen and oxygen atoms in total. The highest BCUT2D eigenvalue weighted by Gasteiger charge is 2.26. The molecule has 0 saturated carbocycles. The van der Waals surface area contributed by atoms with Crippen molar-refractivity contribution in [1.29, 1.82) is 0 Å². The SMILES string of the molecule is CC1CCCCN1C(CN)c1cnn(C)c1. The molecule has 0 spiro atoms. The number of piperidine rings is 1. The molecular weight excluding hydrogens is 200 g/mol. The lowest BCUT2D eigenvalue weighted by Gasteiger charge is -2.38. The number of rotatable bonds is 3. The van der Waals surface area contributed by atoms with Crippen molar-refractivity contribution in [2.45, 2.75) is 38.3 Å². The Morgan fingerprint density at radius 2 is 2.38 bits per heavy atom. The Morgan fingerprint density at radius 3 is 2.94 bits per heavy atom. The molecule has 1 aliphatic rings. The van der Waals surface area contributed by atoms with E-state index in [0.717, 1.165) is 6.54 Å². The summed E-state index contributed by atoms with van der Waals surface area (Å²) < 4.78 is 1.85. The maximum absolute atomic E-state index is 5.93. The molecule has 2 N–H and O–H groups in total. The molecule has 16 heavy (non-hydrogen) atoms. The second-order valence-corrected chi connectivity index (χ2v) is 4.78. The average molecular weight is 222 g/mol. The maximum atomic E-state index is 5.93. The van der Waals surface area contributed by atoms with E-state index in [2.05, 4.69) is 23.1 Å². The van der Waals surface area contributed by atoms with Crippen LogP contribution in [0.4, 0.5) is 0 Å². The Morgan fingerprint density at radius 1 is 1.56 bits per heavy atom. The van der Waals surface area contributed by atoms with Gasteiger partial charge in [-0.15, -0.1) is 0 Å². The Balaban J connectivity index is 2.14. The van der Waals surface area contributed by atoms with Crippen LogP contribution in [0.2, 0.25) is 0 Å². The van der Waals surface area contributed by atoms with Crippen molar-refractivity contribution in [2.24, 2.45) is 12.8 Å². The second kappa shape index (κ2) is 4.97. The number of hydrogen-bond donors (Lipinski definition) is 1. The first kappa shape index (κ1) is 11.6. The van der Waals surface area contributed by atoms with E-state index in [4.69, 9.17) is 5.73 Å². The second-order valence-electron chi connectivity index (χ2n) is 4.78. The number of nitrogens with zero attached hydrogens (tertiary/aromatic N) is 3. The third-order valence-corrected chi connectivity index (χ3v) is 3.59. The summed E-state index contributed by atoms with van der Waals surface area (Å²) in [5.41, 5.74) is 7.18. The minimum atomic E-state index is 0.337. The van der Waals surface area contributed by atoms with Crippen LogP contribution in [0.3, 0.4) is 0 Å². The van der Waals surface area contributed by atoms with Crippen molar-refractivity contribution < 1.29 is 0 Å². The first-order valence-corrected chi connectivity index (χ1v) is 6.16. The van der Waals surface area contributed by atoms with Crippen LogP contribution in [0.5, 0.6) is 0 Å². The van der Waals surface area contributed by atoms with Crippen LogP contribution in [0.1, 0.15) is 37.8 Å². The summed E-state index contributed by atoms with van der Waals surface area (Å²) in [6.45, 7) is 4.14. The number of likely N-dealkylation sites (tertiary alicyclic amines) is 1. The predicted octanol–water partition coefficient (Wildman–Crippen LogP) is 1.29. The zero-order chi connectivity index (χ0) is 11.5. The highest BCUT2D eigenvalue weighted by Crippen LogP contribution is 2.27. The van der Waals surface area contributed by atoms with Crippen LogP contribution in [0, 0.1) is 0 Å². The van der Waals surface area contributed by atoms with E-state index in [0.29, 0.717) is 18.6 Å². The van der Waals surface area contributed by atoms with Crippen LogP contribution in [0.25, 0.3) is 0 Å². The van der Waals surface area contributed by atoms with Crippen molar-refractivity contribution in [3.63, 3.8) is 0 Å². The topological polar surface area (TPSA) is 47.1 Å². The number of hydrogen-bond acceptors (Lipinski definition) is 3. The molecule has 0 amide bonds. The standard InChI is InChI=1S/C12H22N4/c1-10-5-3-4-6-16(10)12(7-13)11-8-14-15(2)9-11/h8-10,12H,3-7,13H2,1-2H3. The van der Waals surface area contributed by atoms with Gasteiger partial charge in [-0.25, -0.2) is 0 Å². The Bertz CT molecular complexity index is 334. The molecule has 1 aromatic heterocycles. The van der Waals surface area contributed by atoms with Crippen molar-refractivity contribution in [1.82, 2.24) is 14.7 Å². The van der Waals surface area contributed by atoms with Gasteiger partial charge in [-0.1, -0.05) is 6.42 Å². The Kier molecular flexibility index (Phi) is 3.61. The molecular formula is C12H22N4. The van der Waals surface area contributed by atoms with Gasteiger partial charge in [0.15, 0.2) is 0 Å². The van der Waals surface area contributed by atoms with E-state index < -0.39 is 0 Å². The summed E-state index contributed by atoms with van der Waals surface area (Å²) >= 11 is 0. The molecule has 1 aliphatic heterocycles. The summed E-state index contributed by atoms with van der Waals surface area (Å²) in [5, 5.41) is 4.24. The van der Waals surface area contributed by atoms with Crippen LogP contribution in [0.15, 0.2) is 12.4 Å². The van der Waals surface area contributed by atoms with E-state index in [1.807, 2.05) is 17.9 Å². The normalized spacial score (nSPS) is 24.6. The van der Waals surface area contributed by atoms with Crippen LogP contribution in [-0.4, -0.2) is 33.8 Å². The van der Waals surface area contributed by atoms with E-state index in [1.165, 1.54) is 24.8 Å². The Hall–Kier alpha value is -0.870. The third-order valence-electron chi connectivity index (χ3n) is 3.59. The smallest absolute Gasteiger partial charge is 0.0538 e. The van der Waals surface area contributed by atoms with Gasteiger partial charge in [0.05, 0.1) is 12.2 Å². The lowest BCUT2D eigenvalue weighted by molar-refractivity contribution is 0.109. The molecule has 0 aromatic carbocycles. The molecule has 1 aromatic rings. The van der Waals surface area contributed by atoms with Crippen molar-refractivity contribution in [3.8, 4) is 0 Å². The number of aromatic nitrogens is 2. The zero-order valence-corrected chi connectivity index (χ0v) is 10.3. The van der Waals surface area contributed by atoms with Crippen molar-refractivity contribution >= 4 is 0 Å². The molecule has 2 atom stereocenters. The van der Waals surface area contributed by atoms with Gasteiger partial charge in [0, 0.05) is 31.4 Å². The van der Waals surface area contributed by atoms with Gasteiger partial charge in [0.2, 0.25) is 0 Å². The van der Waals surface area contributed by atoms with E-state index >= 15 is 0 Å². The predicted molar refractivity (Wildman–Crippen MR) is 65.0 cm³/mol. The molecule has 2 heterocycles. The molecule has 2 rings (SSSR count). The average Bonchev–Trinajstić information content (AvgIpc) is 2.69. The number of nitrogens with two attached hydrogens (primary N) is 1. The van der Waals surface area contributed by atoms with Crippen LogP contribution >= 0.6 is 0 Å². The zero-order valence-electron chi connectivity index (χ0n) is 10.3. The minimum Gasteiger partial charge on any atom is -0.329 e. The van der Waals surface area contributed by atoms with Gasteiger partial charge in [-0.2, -0.15) is 5.10 Å². The summed E-state index contributed by atoms with van der Waals surface area (Å²) in [6, 6.07) is 0.978. The highest BCUT2D eigenvalue weighted by atomic mass is 15.3. The van der Waals surface area contributed by atoms with E-state index in [-0.39, 0.29) is 0 Å². The minimum absolute atomic E-state index is 0.337. The molecule has 1 saturated heterocycles. The maximum Gasteiger partial charge on any atom is 0.0538 e. The van der Waals surface area contributed by atoms with Crippen LogP contribution in [-0.2, 0) is 7.05 Å². The van der Waals surface area contributed by atoms with Gasteiger partial charge < -0.3 is 5.73 Å². The summed E-state index contributed by atoms with van der Waals surface area (Å²) in [7, 11) is 1.96. The van der Waals surface area contributed by atoms with Gasteiger partial charge in [0.1, 0.15) is 0 Å². The fraction of sp³-hybridized carbons (Fsp3) is 0.750. The molecule has 1 fully saturated rings.